The molecule has 0 aliphatic carbocycles. The molecule has 2 atom stereocenters. The zero-order chi connectivity index (χ0) is 11.3. The molecular formula is C11H23N3O. The van der Waals surface area contributed by atoms with Gasteiger partial charge in [-0.3, -0.25) is 9.69 Å². The Kier molecular flexibility index (Phi) is 5.05. The summed E-state index contributed by atoms with van der Waals surface area (Å²) in [6, 6.07) is 0.794. The predicted molar refractivity (Wildman–Crippen MR) is 61.5 cm³/mol. The lowest BCUT2D eigenvalue weighted by atomic mass is 10.1. The number of hydrogen-bond donors (Lipinski definition) is 2. The van der Waals surface area contributed by atoms with Crippen molar-refractivity contribution in [2.45, 2.75) is 45.2 Å². The summed E-state index contributed by atoms with van der Waals surface area (Å²) in [5, 5.41) is 2.83. The molecule has 0 bridgehead atoms. The lowest BCUT2D eigenvalue weighted by Gasteiger charge is -2.30. The summed E-state index contributed by atoms with van der Waals surface area (Å²) in [6.45, 7) is 6.51. The van der Waals surface area contributed by atoms with Gasteiger partial charge in [-0.1, -0.05) is 0 Å². The summed E-state index contributed by atoms with van der Waals surface area (Å²) in [5.74, 6) is 0.118. The lowest BCUT2D eigenvalue weighted by molar-refractivity contribution is -0.122. The summed E-state index contributed by atoms with van der Waals surface area (Å²) in [4.78, 5) is 13.9. The number of carbonyl (C=O) groups is 1. The first-order valence-corrected chi connectivity index (χ1v) is 5.91. The van der Waals surface area contributed by atoms with Crippen LogP contribution < -0.4 is 11.1 Å². The molecule has 15 heavy (non-hydrogen) atoms. The van der Waals surface area contributed by atoms with Gasteiger partial charge in [-0.15, -0.1) is 0 Å². The van der Waals surface area contributed by atoms with Gasteiger partial charge in [0.1, 0.15) is 0 Å². The van der Waals surface area contributed by atoms with Gasteiger partial charge in [0.15, 0.2) is 0 Å². The van der Waals surface area contributed by atoms with Gasteiger partial charge < -0.3 is 11.1 Å². The quantitative estimate of drug-likeness (QED) is 0.691. The molecule has 1 amide bonds. The van der Waals surface area contributed by atoms with E-state index in [0.29, 0.717) is 25.6 Å². The molecular weight excluding hydrogens is 190 g/mol. The van der Waals surface area contributed by atoms with Crippen LogP contribution in [0.2, 0.25) is 0 Å². The number of rotatable bonds is 5. The molecule has 1 heterocycles. The first-order valence-electron chi connectivity index (χ1n) is 5.91. The first kappa shape index (κ1) is 12.5. The zero-order valence-corrected chi connectivity index (χ0v) is 9.83. The van der Waals surface area contributed by atoms with E-state index in [0.717, 1.165) is 6.54 Å². The van der Waals surface area contributed by atoms with Crippen LogP contribution in [-0.2, 0) is 4.79 Å². The second kappa shape index (κ2) is 6.08. The third-order valence-electron chi connectivity index (χ3n) is 3.14. The van der Waals surface area contributed by atoms with Gasteiger partial charge in [0.2, 0.25) is 5.91 Å². The molecule has 0 aromatic heterocycles. The fourth-order valence-electron chi connectivity index (χ4n) is 2.32. The SMILES string of the molecule is CCNC(=O)CC(CN)N1CCCC1C. The van der Waals surface area contributed by atoms with Crippen LogP contribution >= 0.6 is 0 Å². The van der Waals surface area contributed by atoms with Crippen molar-refractivity contribution in [1.29, 1.82) is 0 Å². The predicted octanol–water partition coefficient (Wildman–Crippen LogP) is 0.324. The number of likely N-dealkylation sites (tertiary alicyclic amines) is 1. The van der Waals surface area contributed by atoms with Crippen LogP contribution in [0, 0.1) is 0 Å². The van der Waals surface area contributed by atoms with Gasteiger partial charge in [-0.25, -0.2) is 0 Å². The fraction of sp³-hybridized carbons (Fsp3) is 0.909. The molecule has 0 aromatic rings. The maximum atomic E-state index is 11.5. The van der Waals surface area contributed by atoms with E-state index in [4.69, 9.17) is 5.73 Å². The molecule has 0 saturated carbocycles. The summed E-state index contributed by atoms with van der Waals surface area (Å²) in [7, 11) is 0. The molecule has 0 radical (unpaired) electrons. The Morgan fingerprint density at radius 2 is 2.40 bits per heavy atom. The Balaban J connectivity index is 2.44. The van der Waals surface area contributed by atoms with Gasteiger partial charge in [-0.05, 0) is 33.2 Å². The number of nitrogens with zero attached hydrogens (tertiary/aromatic N) is 1. The normalized spacial score (nSPS) is 24.1. The number of nitrogens with one attached hydrogen (secondary N) is 1. The number of amides is 1. The van der Waals surface area contributed by atoms with E-state index in [2.05, 4.69) is 17.1 Å². The summed E-state index contributed by atoms with van der Waals surface area (Å²) in [5.41, 5.74) is 5.74. The third kappa shape index (κ3) is 3.47. The van der Waals surface area contributed by atoms with Gasteiger partial charge in [0.25, 0.3) is 0 Å². The van der Waals surface area contributed by atoms with Gasteiger partial charge in [0, 0.05) is 31.6 Å². The zero-order valence-electron chi connectivity index (χ0n) is 9.83. The highest BCUT2D eigenvalue weighted by atomic mass is 16.1. The largest absolute Gasteiger partial charge is 0.356 e. The standard InChI is InChI=1S/C11H23N3O/c1-3-13-11(15)7-10(8-12)14-6-4-5-9(14)2/h9-10H,3-8,12H2,1-2H3,(H,13,15). The van der Waals surface area contributed by atoms with Crippen molar-refractivity contribution >= 4 is 5.91 Å². The summed E-state index contributed by atoms with van der Waals surface area (Å²) >= 11 is 0. The van der Waals surface area contributed by atoms with Crippen molar-refractivity contribution in [3.8, 4) is 0 Å². The van der Waals surface area contributed by atoms with Crippen LogP contribution in [0.3, 0.4) is 0 Å². The molecule has 1 aliphatic heterocycles. The molecule has 1 aliphatic rings. The van der Waals surface area contributed by atoms with E-state index >= 15 is 0 Å². The molecule has 1 saturated heterocycles. The van der Waals surface area contributed by atoms with E-state index in [9.17, 15) is 4.79 Å². The van der Waals surface area contributed by atoms with Crippen LogP contribution in [0.5, 0.6) is 0 Å². The Bertz CT molecular complexity index is 208. The molecule has 4 heteroatoms. The van der Waals surface area contributed by atoms with Crippen molar-refractivity contribution in [2.24, 2.45) is 5.73 Å². The number of nitrogens with two attached hydrogens (primary N) is 1. The molecule has 4 nitrogen and oxygen atoms in total. The summed E-state index contributed by atoms with van der Waals surface area (Å²) in [6.07, 6.45) is 2.99. The highest BCUT2D eigenvalue weighted by Crippen LogP contribution is 2.20. The second-order valence-corrected chi connectivity index (χ2v) is 4.28. The van der Waals surface area contributed by atoms with Gasteiger partial charge >= 0.3 is 0 Å². The van der Waals surface area contributed by atoms with E-state index in [1.54, 1.807) is 0 Å². The minimum absolute atomic E-state index is 0.118. The first-order chi connectivity index (χ1) is 7.19. The minimum atomic E-state index is 0.118. The number of carbonyl (C=O) groups excluding carboxylic acids is 1. The van der Waals surface area contributed by atoms with Crippen molar-refractivity contribution in [3.05, 3.63) is 0 Å². The second-order valence-electron chi connectivity index (χ2n) is 4.28. The smallest absolute Gasteiger partial charge is 0.221 e. The van der Waals surface area contributed by atoms with Crippen molar-refractivity contribution < 1.29 is 4.79 Å². The van der Waals surface area contributed by atoms with E-state index < -0.39 is 0 Å². The Morgan fingerprint density at radius 1 is 1.67 bits per heavy atom. The average molecular weight is 213 g/mol. The van der Waals surface area contributed by atoms with E-state index in [-0.39, 0.29) is 11.9 Å². The van der Waals surface area contributed by atoms with Gasteiger partial charge in [0.05, 0.1) is 0 Å². The van der Waals surface area contributed by atoms with Crippen LogP contribution in [0.1, 0.15) is 33.1 Å². The number of hydrogen-bond acceptors (Lipinski definition) is 3. The van der Waals surface area contributed by atoms with Crippen LogP contribution in [0.15, 0.2) is 0 Å². The Hall–Kier alpha value is -0.610. The van der Waals surface area contributed by atoms with Crippen molar-refractivity contribution in [2.75, 3.05) is 19.6 Å². The van der Waals surface area contributed by atoms with Crippen molar-refractivity contribution in [1.82, 2.24) is 10.2 Å². The fourth-order valence-corrected chi connectivity index (χ4v) is 2.32. The average Bonchev–Trinajstić information content (AvgIpc) is 2.61. The molecule has 88 valence electrons. The monoisotopic (exact) mass is 213 g/mol. The maximum Gasteiger partial charge on any atom is 0.221 e. The van der Waals surface area contributed by atoms with Crippen LogP contribution in [0.25, 0.3) is 0 Å². The van der Waals surface area contributed by atoms with E-state index in [1.165, 1.54) is 12.8 Å². The van der Waals surface area contributed by atoms with Crippen LogP contribution in [-0.4, -0.2) is 42.5 Å². The minimum Gasteiger partial charge on any atom is -0.356 e. The molecule has 3 N–H and O–H groups in total. The third-order valence-corrected chi connectivity index (χ3v) is 3.14. The van der Waals surface area contributed by atoms with Crippen LogP contribution in [0.4, 0.5) is 0 Å². The lowest BCUT2D eigenvalue weighted by Crippen LogP contribution is -2.45. The highest BCUT2D eigenvalue weighted by molar-refractivity contribution is 5.76. The van der Waals surface area contributed by atoms with Crippen molar-refractivity contribution in [3.63, 3.8) is 0 Å². The van der Waals surface area contributed by atoms with E-state index in [1.807, 2.05) is 6.92 Å². The Morgan fingerprint density at radius 3 is 2.87 bits per heavy atom. The molecule has 1 rings (SSSR count). The molecule has 0 aromatic carbocycles. The van der Waals surface area contributed by atoms with Gasteiger partial charge in [-0.2, -0.15) is 0 Å². The Labute approximate surface area is 92.2 Å². The topological polar surface area (TPSA) is 58.4 Å². The molecule has 1 fully saturated rings. The molecule has 2 unspecified atom stereocenters. The molecule has 0 spiro atoms. The summed E-state index contributed by atoms with van der Waals surface area (Å²) < 4.78 is 0. The highest BCUT2D eigenvalue weighted by Gasteiger charge is 2.27. The maximum absolute atomic E-state index is 11.5.